The summed E-state index contributed by atoms with van der Waals surface area (Å²) in [5.41, 5.74) is 3.37. The molecule has 0 aliphatic heterocycles. The summed E-state index contributed by atoms with van der Waals surface area (Å²) in [4.78, 5) is 12.1. The lowest BCUT2D eigenvalue weighted by Crippen LogP contribution is -2.38. The second kappa shape index (κ2) is 8.47. The van der Waals surface area contributed by atoms with Gasteiger partial charge in [-0.2, -0.15) is 4.31 Å². The van der Waals surface area contributed by atoms with E-state index in [1.165, 1.54) is 11.4 Å². The molecule has 2 aromatic carbocycles. The van der Waals surface area contributed by atoms with Crippen LogP contribution in [0.25, 0.3) is 0 Å². The predicted octanol–water partition coefficient (Wildman–Crippen LogP) is 3.02. The van der Waals surface area contributed by atoms with Crippen molar-refractivity contribution < 1.29 is 17.9 Å². The van der Waals surface area contributed by atoms with Crippen LogP contribution < -0.4 is 0 Å². The molecule has 140 valence electrons. The molecular weight excluding hydrogens is 350 g/mol. The Morgan fingerprint density at radius 3 is 2.15 bits per heavy atom. The van der Waals surface area contributed by atoms with Crippen molar-refractivity contribution >= 4 is 16.0 Å². The van der Waals surface area contributed by atoms with Crippen LogP contribution >= 0.6 is 0 Å². The highest BCUT2D eigenvalue weighted by molar-refractivity contribution is 7.89. The number of nitrogens with zero attached hydrogens (tertiary/aromatic N) is 1. The lowest BCUT2D eigenvalue weighted by atomic mass is 10.1. The van der Waals surface area contributed by atoms with Crippen LogP contribution in [0.5, 0.6) is 0 Å². The van der Waals surface area contributed by atoms with Crippen LogP contribution in [-0.2, 0) is 26.0 Å². The van der Waals surface area contributed by atoms with E-state index in [1.807, 2.05) is 49.4 Å². The van der Waals surface area contributed by atoms with Gasteiger partial charge in [0.25, 0.3) is 0 Å². The number of hydrogen-bond acceptors (Lipinski definition) is 4. The van der Waals surface area contributed by atoms with E-state index in [-0.39, 0.29) is 18.0 Å². The van der Waals surface area contributed by atoms with Gasteiger partial charge in [0.1, 0.15) is 6.54 Å². The summed E-state index contributed by atoms with van der Waals surface area (Å²) < 4.78 is 32.5. The SMILES string of the molecule is COC(=O)CN(CCc1ccccc1)S(=O)(=O)c1c(C)cc(C)cc1C. The normalized spacial score (nSPS) is 11.6. The molecular formula is C20H25NO4S. The van der Waals surface area contributed by atoms with E-state index >= 15 is 0 Å². The van der Waals surface area contributed by atoms with Crippen molar-refractivity contribution in [2.75, 3.05) is 20.2 Å². The minimum absolute atomic E-state index is 0.203. The molecule has 0 aliphatic rings. The average molecular weight is 375 g/mol. The molecule has 0 spiro atoms. The number of hydrogen-bond donors (Lipinski definition) is 0. The van der Waals surface area contributed by atoms with Crippen molar-refractivity contribution in [3.8, 4) is 0 Å². The zero-order valence-corrected chi connectivity index (χ0v) is 16.5. The van der Waals surface area contributed by atoms with Gasteiger partial charge in [0, 0.05) is 6.54 Å². The molecule has 0 atom stereocenters. The van der Waals surface area contributed by atoms with Crippen molar-refractivity contribution in [2.45, 2.75) is 32.1 Å². The summed E-state index contributed by atoms with van der Waals surface area (Å²) >= 11 is 0. The zero-order chi connectivity index (χ0) is 19.3. The van der Waals surface area contributed by atoms with Crippen LogP contribution in [0.3, 0.4) is 0 Å². The van der Waals surface area contributed by atoms with Gasteiger partial charge in [0.2, 0.25) is 10.0 Å². The Morgan fingerprint density at radius 1 is 1.04 bits per heavy atom. The summed E-state index contributed by atoms with van der Waals surface area (Å²) in [6.45, 7) is 5.38. The molecule has 0 unspecified atom stereocenters. The molecule has 0 N–H and O–H groups in total. The number of aryl methyl sites for hydroxylation is 3. The Labute approximate surface area is 155 Å². The Morgan fingerprint density at radius 2 is 1.62 bits per heavy atom. The fraction of sp³-hybridized carbons (Fsp3) is 0.350. The Kier molecular flexibility index (Phi) is 6.56. The summed E-state index contributed by atoms with van der Waals surface area (Å²) in [6.07, 6.45) is 0.515. The number of ether oxygens (including phenoxy) is 1. The number of methoxy groups -OCH3 is 1. The fourth-order valence-corrected chi connectivity index (χ4v) is 4.89. The van der Waals surface area contributed by atoms with Crippen molar-refractivity contribution in [3.05, 3.63) is 64.7 Å². The number of benzene rings is 2. The molecule has 0 aliphatic carbocycles. The van der Waals surface area contributed by atoms with Gasteiger partial charge in [-0.05, 0) is 43.9 Å². The molecule has 0 saturated heterocycles. The van der Waals surface area contributed by atoms with Crippen LogP contribution in [0, 0.1) is 20.8 Å². The zero-order valence-electron chi connectivity index (χ0n) is 15.7. The predicted molar refractivity (Wildman–Crippen MR) is 102 cm³/mol. The minimum Gasteiger partial charge on any atom is -0.468 e. The lowest BCUT2D eigenvalue weighted by molar-refractivity contribution is -0.140. The molecule has 26 heavy (non-hydrogen) atoms. The van der Waals surface area contributed by atoms with Crippen molar-refractivity contribution in [1.82, 2.24) is 4.31 Å². The maximum Gasteiger partial charge on any atom is 0.321 e. The highest BCUT2D eigenvalue weighted by Crippen LogP contribution is 2.25. The first-order chi connectivity index (χ1) is 12.3. The lowest BCUT2D eigenvalue weighted by Gasteiger charge is -2.23. The molecule has 0 fully saturated rings. The van der Waals surface area contributed by atoms with Crippen molar-refractivity contribution in [2.24, 2.45) is 0 Å². The fourth-order valence-electron chi connectivity index (χ4n) is 3.09. The van der Waals surface area contributed by atoms with E-state index in [9.17, 15) is 13.2 Å². The quantitative estimate of drug-likeness (QED) is 0.698. The van der Waals surface area contributed by atoms with Gasteiger partial charge in [0.05, 0.1) is 12.0 Å². The molecule has 0 amide bonds. The number of carbonyl (C=O) groups excluding carboxylic acids is 1. The Balaban J connectivity index is 2.38. The third-order valence-electron chi connectivity index (χ3n) is 4.23. The van der Waals surface area contributed by atoms with Crippen molar-refractivity contribution in [3.63, 3.8) is 0 Å². The van der Waals surface area contributed by atoms with E-state index in [1.54, 1.807) is 13.8 Å². The maximum atomic E-state index is 13.3. The Hall–Kier alpha value is -2.18. The molecule has 2 rings (SSSR count). The van der Waals surface area contributed by atoms with Gasteiger partial charge in [-0.1, -0.05) is 48.0 Å². The second-order valence-electron chi connectivity index (χ2n) is 6.38. The van der Waals surface area contributed by atoms with Gasteiger partial charge < -0.3 is 4.74 Å². The highest BCUT2D eigenvalue weighted by Gasteiger charge is 2.29. The molecule has 5 nitrogen and oxygen atoms in total. The van der Waals surface area contributed by atoms with E-state index in [0.717, 1.165) is 11.1 Å². The molecule has 0 aromatic heterocycles. The summed E-state index contributed by atoms with van der Waals surface area (Å²) in [5, 5.41) is 0. The van der Waals surface area contributed by atoms with Crippen LogP contribution in [0.4, 0.5) is 0 Å². The molecule has 0 radical (unpaired) electrons. The molecule has 0 heterocycles. The largest absolute Gasteiger partial charge is 0.468 e. The summed E-state index contributed by atoms with van der Waals surface area (Å²) in [6, 6.07) is 13.3. The number of esters is 1. The molecule has 6 heteroatoms. The number of rotatable bonds is 7. The standard InChI is InChI=1S/C20H25NO4S/c1-15-12-16(2)20(17(3)13-15)26(23,24)21(14-19(22)25-4)11-10-18-8-6-5-7-9-18/h5-9,12-13H,10-11,14H2,1-4H3. The van der Waals surface area contributed by atoms with Gasteiger partial charge >= 0.3 is 5.97 Å². The Bertz CT molecular complexity index is 853. The van der Waals surface area contributed by atoms with Crippen LogP contribution in [0.15, 0.2) is 47.4 Å². The van der Waals surface area contributed by atoms with E-state index in [2.05, 4.69) is 0 Å². The van der Waals surface area contributed by atoms with E-state index in [0.29, 0.717) is 17.5 Å². The van der Waals surface area contributed by atoms with Gasteiger partial charge in [-0.3, -0.25) is 4.79 Å². The number of sulfonamides is 1. The highest BCUT2D eigenvalue weighted by atomic mass is 32.2. The summed E-state index contributed by atoms with van der Waals surface area (Å²) in [5.74, 6) is -0.580. The van der Waals surface area contributed by atoms with Crippen LogP contribution in [0.1, 0.15) is 22.3 Å². The first-order valence-electron chi connectivity index (χ1n) is 8.44. The van der Waals surface area contributed by atoms with E-state index < -0.39 is 16.0 Å². The first kappa shape index (κ1) is 20.1. The van der Waals surface area contributed by atoms with Crippen molar-refractivity contribution in [1.29, 1.82) is 0 Å². The topological polar surface area (TPSA) is 63.7 Å². The number of carbonyl (C=O) groups is 1. The third kappa shape index (κ3) is 4.71. The molecule has 2 aromatic rings. The molecule has 0 bridgehead atoms. The monoisotopic (exact) mass is 375 g/mol. The smallest absolute Gasteiger partial charge is 0.321 e. The van der Waals surface area contributed by atoms with Gasteiger partial charge in [0.15, 0.2) is 0 Å². The van der Waals surface area contributed by atoms with Crippen LogP contribution in [0.2, 0.25) is 0 Å². The van der Waals surface area contributed by atoms with Gasteiger partial charge in [-0.25, -0.2) is 8.42 Å². The third-order valence-corrected chi connectivity index (χ3v) is 6.38. The first-order valence-corrected chi connectivity index (χ1v) is 9.88. The van der Waals surface area contributed by atoms with E-state index in [4.69, 9.17) is 4.74 Å². The maximum absolute atomic E-state index is 13.3. The van der Waals surface area contributed by atoms with Gasteiger partial charge in [-0.15, -0.1) is 0 Å². The minimum atomic E-state index is -3.82. The average Bonchev–Trinajstić information content (AvgIpc) is 2.57. The summed E-state index contributed by atoms with van der Waals surface area (Å²) in [7, 11) is -2.57. The molecule has 0 saturated carbocycles. The second-order valence-corrected chi connectivity index (χ2v) is 8.25. The van der Waals surface area contributed by atoms with Crippen LogP contribution in [-0.4, -0.2) is 38.9 Å².